The van der Waals surface area contributed by atoms with Gasteiger partial charge in [-0.05, 0) is 0 Å². The summed E-state index contributed by atoms with van der Waals surface area (Å²) in [6.45, 7) is -1.06. The quantitative estimate of drug-likeness (QED) is 0.252. The average molecular weight is 299 g/mol. The second kappa shape index (κ2) is 5.33. The van der Waals surface area contributed by atoms with Crippen LogP contribution in [0.4, 0.5) is 4.39 Å². The molecule has 0 aromatic heterocycles. The molecule has 15 heteroatoms. The van der Waals surface area contributed by atoms with E-state index < -0.39 is 43.7 Å². The molecule has 1 N–H and O–H groups in total. The van der Waals surface area contributed by atoms with Gasteiger partial charge in [0.1, 0.15) is 19.7 Å². The number of halogens is 1. The molecule has 0 fully saturated rings. The zero-order valence-corrected chi connectivity index (χ0v) is 9.55. The summed E-state index contributed by atoms with van der Waals surface area (Å²) in [6.07, 6.45) is 0. The van der Waals surface area contributed by atoms with Crippen LogP contribution in [0.2, 0.25) is 0 Å². The summed E-state index contributed by atoms with van der Waals surface area (Å²) in [6, 6.07) is 0. The highest BCUT2D eigenvalue weighted by molar-refractivity contribution is 5.81. The van der Waals surface area contributed by atoms with Gasteiger partial charge >= 0.3 is 17.5 Å². The second-order valence-corrected chi connectivity index (χ2v) is 3.52. The van der Waals surface area contributed by atoms with E-state index in [4.69, 9.17) is 0 Å². The second-order valence-electron chi connectivity index (χ2n) is 3.52. The number of amides is 1. The third-order valence-corrected chi connectivity index (χ3v) is 2.14. The molecule has 0 atom stereocenters. The van der Waals surface area contributed by atoms with Crippen molar-refractivity contribution >= 4 is 5.91 Å². The summed E-state index contributed by atoms with van der Waals surface area (Å²) in [4.78, 5) is 45.0. The number of rotatable bonds is 7. The van der Waals surface area contributed by atoms with Crippen LogP contribution in [0.5, 0.6) is 0 Å². The Morgan fingerprint density at radius 3 is 1.60 bits per heavy atom. The van der Waals surface area contributed by atoms with Crippen LogP contribution in [0.25, 0.3) is 0 Å². The summed E-state index contributed by atoms with van der Waals surface area (Å²) >= 11 is 0. The van der Waals surface area contributed by atoms with Crippen molar-refractivity contribution in [3.63, 3.8) is 0 Å². The zero-order chi connectivity index (χ0) is 16.3. The van der Waals surface area contributed by atoms with Crippen LogP contribution in [0.15, 0.2) is 0 Å². The van der Waals surface area contributed by atoms with E-state index in [1.165, 1.54) is 0 Å². The molecule has 0 spiro atoms. The molecule has 20 heavy (non-hydrogen) atoms. The van der Waals surface area contributed by atoms with Crippen molar-refractivity contribution in [3.8, 4) is 0 Å². The molecule has 1 amide bonds. The van der Waals surface area contributed by atoms with E-state index in [9.17, 15) is 49.6 Å². The van der Waals surface area contributed by atoms with E-state index in [-0.39, 0.29) is 0 Å². The molecule has 0 aromatic rings. The van der Waals surface area contributed by atoms with Gasteiger partial charge in [0, 0.05) is 0 Å². The first-order valence-electron chi connectivity index (χ1n) is 4.46. The minimum absolute atomic E-state index is 0.422. The van der Waals surface area contributed by atoms with Crippen molar-refractivity contribution in [2.75, 3.05) is 6.54 Å². The Balaban J connectivity index is 5.21. The maximum Gasteiger partial charge on any atom is 0.696 e. The maximum absolute atomic E-state index is 13.3. The molecule has 0 saturated heterocycles. The van der Waals surface area contributed by atoms with Gasteiger partial charge < -0.3 is 5.32 Å². The van der Waals surface area contributed by atoms with Gasteiger partial charge in [-0.2, -0.15) is 0 Å². The van der Waals surface area contributed by atoms with Gasteiger partial charge in [0.05, 0.1) is 6.92 Å². The first kappa shape index (κ1) is 17.0. The lowest BCUT2D eigenvalue weighted by molar-refractivity contribution is -0.809. The van der Waals surface area contributed by atoms with Crippen LogP contribution in [-0.4, -0.2) is 43.7 Å². The van der Waals surface area contributed by atoms with E-state index in [2.05, 4.69) is 0 Å². The van der Waals surface area contributed by atoms with E-state index in [1.54, 1.807) is 0 Å². The highest BCUT2D eigenvalue weighted by atomic mass is 19.2. The molecular weight excluding hydrogens is 293 g/mol. The Labute approximate surface area is 107 Å². The number of alkyl halides is 1. The minimum Gasteiger partial charge on any atom is -0.326 e. The predicted molar refractivity (Wildman–Crippen MR) is 53.2 cm³/mol. The van der Waals surface area contributed by atoms with E-state index in [1.807, 2.05) is 0 Å². The van der Waals surface area contributed by atoms with Crippen LogP contribution >= 0.6 is 0 Å². The summed E-state index contributed by atoms with van der Waals surface area (Å²) in [7, 11) is 0. The van der Waals surface area contributed by atoms with Crippen molar-refractivity contribution in [1.82, 2.24) is 5.32 Å². The lowest BCUT2D eigenvalue weighted by Crippen LogP contribution is -2.59. The highest BCUT2D eigenvalue weighted by Gasteiger charge is 2.67. The third kappa shape index (κ3) is 2.70. The highest BCUT2D eigenvalue weighted by Crippen LogP contribution is 2.14. The first-order valence-corrected chi connectivity index (χ1v) is 4.46. The van der Waals surface area contributed by atoms with Gasteiger partial charge in [0.15, 0.2) is 6.54 Å². The standard InChI is InChI=1S/C5H6FN5O9/c1-4(8(13)14,9(15)16)2-7-3(12)5(6,10(17)18)11(19)20/h2H2,1H3,(H,7,12). The number of nitrogens with one attached hydrogen (secondary N) is 1. The lowest BCUT2D eigenvalue weighted by atomic mass is 10.2. The van der Waals surface area contributed by atoms with E-state index >= 15 is 0 Å². The zero-order valence-electron chi connectivity index (χ0n) is 9.55. The Morgan fingerprint density at radius 2 is 1.35 bits per heavy atom. The summed E-state index contributed by atoms with van der Waals surface area (Å²) in [5, 5.41) is 42.3. The number of hydrogen-bond acceptors (Lipinski definition) is 9. The Hall–Kier alpha value is -3.00. The summed E-state index contributed by atoms with van der Waals surface area (Å²) < 4.78 is 13.3. The summed E-state index contributed by atoms with van der Waals surface area (Å²) in [5.41, 5.74) is -3.02. The van der Waals surface area contributed by atoms with Gasteiger partial charge in [-0.3, -0.25) is 45.3 Å². The van der Waals surface area contributed by atoms with E-state index in [0.717, 1.165) is 5.32 Å². The Kier molecular flexibility index (Phi) is 4.53. The van der Waals surface area contributed by atoms with Crippen LogP contribution in [0, 0.1) is 40.5 Å². The fourth-order valence-electron chi connectivity index (χ4n) is 0.788. The van der Waals surface area contributed by atoms with Crippen molar-refractivity contribution in [3.05, 3.63) is 40.5 Å². The fourth-order valence-corrected chi connectivity index (χ4v) is 0.788. The average Bonchev–Trinajstić information content (AvgIpc) is 2.32. The van der Waals surface area contributed by atoms with Gasteiger partial charge in [-0.25, -0.2) is 0 Å². The van der Waals surface area contributed by atoms with Crippen LogP contribution in [-0.2, 0) is 4.79 Å². The molecule has 0 rings (SSSR count). The SMILES string of the molecule is CC(CNC(=O)C(F)([N+](=O)[O-])[N+](=O)[O-])([N+](=O)[O-])[N+](=O)[O-]. The fraction of sp³-hybridized carbons (Fsp3) is 0.800. The molecule has 0 radical (unpaired) electrons. The van der Waals surface area contributed by atoms with Crippen molar-refractivity contribution in [2.24, 2.45) is 0 Å². The summed E-state index contributed by atoms with van der Waals surface area (Å²) in [5.74, 6) is -7.27. The van der Waals surface area contributed by atoms with Crippen molar-refractivity contribution in [2.45, 2.75) is 18.5 Å². The molecule has 0 aliphatic heterocycles. The number of nitrogens with zero attached hydrogens (tertiary/aromatic N) is 4. The molecule has 0 bridgehead atoms. The molecule has 14 nitrogen and oxygen atoms in total. The number of carbonyl (C=O) groups excluding carboxylic acids is 1. The monoisotopic (exact) mass is 299 g/mol. The lowest BCUT2D eigenvalue weighted by Gasteiger charge is -2.13. The third-order valence-electron chi connectivity index (χ3n) is 2.14. The van der Waals surface area contributed by atoms with Gasteiger partial charge in [0.25, 0.3) is 0 Å². The molecule has 0 aromatic carbocycles. The van der Waals surface area contributed by atoms with Crippen LogP contribution in [0.3, 0.4) is 0 Å². The molecular formula is C5H6FN5O9. The van der Waals surface area contributed by atoms with Gasteiger partial charge in [-0.15, -0.1) is 0 Å². The molecule has 0 aliphatic carbocycles. The predicted octanol–water partition coefficient (Wildman–Crippen LogP) is -1.45. The topological polar surface area (TPSA) is 202 Å². The number of carbonyl (C=O) groups is 1. The molecule has 0 heterocycles. The van der Waals surface area contributed by atoms with E-state index in [0.29, 0.717) is 6.92 Å². The van der Waals surface area contributed by atoms with Gasteiger partial charge in [-0.1, -0.05) is 4.39 Å². The smallest absolute Gasteiger partial charge is 0.326 e. The van der Waals surface area contributed by atoms with Crippen molar-refractivity contribution < 1.29 is 28.9 Å². The minimum atomic E-state index is -4.80. The largest absolute Gasteiger partial charge is 0.696 e. The van der Waals surface area contributed by atoms with Crippen LogP contribution in [0.1, 0.15) is 6.92 Å². The maximum atomic E-state index is 13.3. The normalized spacial score (nSPS) is 11.5. The van der Waals surface area contributed by atoms with Gasteiger partial charge in [0.2, 0.25) is 0 Å². The Morgan fingerprint density at radius 1 is 1.00 bits per heavy atom. The molecule has 0 saturated carbocycles. The first-order chi connectivity index (χ1) is 8.90. The molecule has 112 valence electrons. The van der Waals surface area contributed by atoms with Crippen LogP contribution < -0.4 is 5.32 Å². The molecule has 0 unspecified atom stereocenters. The Bertz CT molecular complexity index is 463. The number of hydrogen-bond donors (Lipinski definition) is 1. The van der Waals surface area contributed by atoms with Crippen molar-refractivity contribution in [1.29, 1.82) is 0 Å². The number of nitro groups is 4. The molecule has 0 aliphatic rings.